The predicted octanol–water partition coefficient (Wildman–Crippen LogP) is 15.8. The average molecular weight is 1460 g/mol. The molecule has 0 aliphatic carbocycles. The predicted molar refractivity (Wildman–Crippen MR) is 361 cm³/mol. The maximum Gasteiger partial charge on any atom is 0.161 e. The van der Waals surface area contributed by atoms with E-state index < -0.39 is 16.8 Å². The summed E-state index contributed by atoms with van der Waals surface area (Å²) < 4.78 is 34.4. The SMILES string of the molecule is C.COc1cc(C(O)(c2ccc(C)c(C=O)c2)c2ccc(OC)c(OC)c2)ccc1CO.COc1ccc(C(O)(c2ccc(C)c(Br)c2)c2ccc(CO)c(Br)c2)cc1Br.COc1ccc(C(O)(c2ccc(CO)c(Cl)c2)c2ccc(OC)c(Cl)c2)cc1Cl. The van der Waals surface area contributed by atoms with E-state index in [1.807, 2.05) is 68.4 Å². The van der Waals surface area contributed by atoms with Crippen LogP contribution in [0.4, 0.5) is 0 Å². The quantitative estimate of drug-likeness (QED) is 0.0331. The van der Waals surface area contributed by atoms with Gasteiger partial charge in [-0.15, -0.1) is 0 Å². The largest absolute Gasteiger partial charge is 0.496 e. The lowest BCUT2D eigenvalue weighted by Crippen LogP contribution is -2.29. The Hall–Kier alpha value is -6.48. The maximum absolute atomic E-state index is 12.2. The van der Waals surface area contributed by atoms with E-state index in [4.69, 9.17) is 63.2 Å². The first-order valence-electron chi connectivity index (χ1n) is 26.9. The highest BCUT2D eigenvalue weighted by molar-refractivity contribution is 9.11. The molecule has 0 aliphatic heterocycles. The first kappa shape index (κ1) is 71.6. The molecule has 13 nitrogen and oxygen atoms in total. The van der Waals surface area contributed by atoms with Gasteiger partial charge in [0.1, 0.15) is 46.1 Å². The van der Waals surface area contributed by atoms with Crippen molar-refractivity contribution < 1.29 is 63.9 Å². The first-order chi connectivity index (χ1) is 42.1. The maximum atomic E-state index is 12.2. The summed E-state index contributed by atoms with van der Waals surface area (Å²) in [5.41, 5.74) is 4.74. The summed E-state index contributed by atoms with van der Waals surface area (Å²) in [4.78, 5) is 11.6. The van der Waals surface area contributed by atoms with Gasteiger partial charge >= 0.3 is 0 Å². The van der Waals surface area contributed by atoms with Crippen LogP contribution >= 0.6 is 82.6 Å². The molecule has 0 bridgehead atoms. The van der Waals surface area contributed by atoms with Crippen LogP contribution in [0.5, 0.6) is 34.5 Å². The number of halogens is 6. The van der Waals surface area contributed by atoms with Gasteiger partial charge in [0, 0.05) is 25.1 Å². The van der Waals surface area contributed by atoms with Gasteiger partial charge in [0.25, 0.3) is 0 Å². The molecule has 6 N–H and O–H groups in total. The van der Waals surface area contributed by atoms with Crippen LogP contribution in [0.25, 0.3) is 0 Å². The number of aliphatic hydroxyl groups excluding tert-OH is 3. The third-order valence-electron chi connectivity index (χ3n) is 15.1. The highest BCUT2D eigenvalue weighted by atomic mass is 79.9. The van der Waals surface area contributed by atoms with Gasteiger partial charge in [-0.2, -0.15) is 0 Å². The van der Waals surface area contributed by atoms with E-state index in [0.29, 0.717) is 111 Å². The number of rotatable bonds is 19. The lowest BCUT2D eigenvalue weighted by Gasteiger charge is -2.31. The van der Waals surface area contributed by atoms with Crippen molar-refractivity contribution in [1.82, 2.24) is 0 Å². The van der Waals surface area contributed by atoms with Gasteiger partial charge in [0.05, 0.1) is 77.0 Å². The monoisotopic (exact) mass is 1460 g/mol. The molecule has 0 saturated heterocycles. The van der Waals surface area contributed by atoms with Crippen LogP contribution in [0, 0.1) is 13.8 Å². The molecule has 0 aliphatic rings. The summed E-state index contributed by atoms with van der Waals surface area (Å²) in [5, 5.41) is 65.7. The molecule has 9 rings (SSSR count). The Kier molecular flexibility index (Phi) is 25.3. The van der Waals surface area contributed by atoms with E-state index in [-0.39, 0.29) is 27.2 Å². The van der Waals surface area contributed by atoms with Gasteiger partial charge in [-0.25, -0.2) is 0 Å². The van der Waals surface area contributed by atoms with Gasteiger partial charge in [0.15, 0.2) is 11.5 Å². The molecule has 0 aromatic heterocycles. The normalized spacial score (nSPS) is 12.3. The lowest BCUT2D eigenvalue weighted by molar-refractivity contribution is 0.112. The summed E-state index contributed by atoms with van der Waals surface area (Å²) >= 11 is 29.6. The minimum atomic E-state index is -1.63. The number of ether oxygens (including phenoxy) is 6. The number of aliphatic hydroxyl groups is 6. The number of benzene rings is 9. The van der Waals surface area contributed by atoms with Crippen molar-refractivity contribution in [1.29, 1.82) is 0 Å². The fraction of sp³-hybridized carbons (Fsp3) is 0.214. The van der Waals surface area contributed by atoms with Crippen molar-refractivity contribution in [2.24, 2.45) is 0 Å². The Morgan fingerprint density at radius 3 is 1.08 bits per heavy atom. The number of hydrogen-bond acceptors (Lipinski definition) is 13. The molecule has 0 radical (unpaired) electrons. The third-order valence-corrected chi connectivity index (χ3v) is 18.2. The van der Waals surface area contributed by atoms with E-state index in [1.165, 1.54) is 28.4 Å². The Bertz CT molecular complexity index is 3720. The van der Waals surface area contributed by atoms with Crippen molar-refractivity contribution in [2.75, 3.05) is 42.7 Å². The van der Waals surface area contributed by atoms with Crippen LogP contribution in [0.3, 0.4) is 0 Å². The molecular formula is C70H68Br3Cl3O13. The summed E-state index contributed by atoms with van der Waals surface area (Å²) in [6.45, 7) is 3.35. The van der Waals surface area contributed by atoms with Gasteiger partial charge in [-0.05, 0) is 181 Å². The molecule has 0 heterocycles. The van der Waals surface area contributed by atoms with Crippen molar-refractivity contribution in [3.8, 4) is 34.5 Å². The fourth-order valence-corrected chi connectivity index (χ4v) is 12.1. The van der Waals surface area contributed by atoms with Crippen molar-refractivity contribution in [3.05, 3.63) is 276 Å². The van der Waals surface area contributed by atoms with E-state index in [0.717, 1.165) is 42.0 Å². The molecule has 0 amide bonds. The average Bonchev–Trinajstić information content (AvgIpc) is 1.21. The number of aryl methyl sites for hydroxylation is 2. The molecule has 9 aromatic rings. The van der Waals surface area contributed by atoms with E-state index >= 15 is 0 Å². The summed E-state index contributed by atoms with van der Waals surface area (Å²) in [6.07, 6.45) is 0.767. The Morgan fingerprint density at radius 2 is 0.685 bits per heavy atom. The molecule has 2 atom stereocenters. The van der Waals surface area contributed by atoms with Gasteiger partial charge in [-0.1, -0.05) is 159 Å². The molecule has 9 aromatic carbocycles. The molecule has 2 unspecified atom stereocenters. The molecule has 0 fully saturated rings. The van der Waals surface area contributed by atoms with Crippen molar-refractivity contribution in [3.63, 3.8) is 0 Å². The highest BCUT2D eigenvalue weighted by Crippen LogP contribution is 2.46. The number of aldehydes is 1. The molecule has 19 heteroatoms. The Morgan fingerprint density at radius 1 is 0.360 bits per heavy atom. The molecule has 468 valence electrons. The second-order valence-electron chi connectivity index (χ2n) is 20.0. The van der Waals surface area contributed by atoms with Crippen LogP contribution in [-0.4, -0.2) is 79.6 Å². The summed E-state index contributed by atoms with van der Waals surface area (Å²) in [7, 11) is 9.21. The van der Waals surface area contributed by atoms with Crippen LogP contribution in [0.15, 0.2) is 177 Å². The second kappa shape index (κ2) is 31.5. The van der Waals surface area contributed by atoms with E-state index in [2.05, 4.69) is 47.8 Å². The topological polar surface area (TPSA) is 194 Å². The third kappa shape index (κ3) is 15.1. The lowest BCUT2D eigenvalue weighted by atomic mass is 9.79. The fourth-order valence-electron chi connectivity index (χ4n) is 9.95. The van der Waals surface area contributed by atoms with Gasteiger partial charge in [0.2, 0.25) is 0 Å². The second-order valence-corrected chi connectivity index (χ2v) is 23.8. The molecule has 89 heavy (non-hydrogen) atoms. The number of methoxy groups -OCH3 is 6. The van der Waals surface area contributed by atoms with E-state index in [1.54, 1.807) is 123 Å². The summed E-state index contributed by atoms with van der Waals surface area (Å²) in [6, 6.07) is 47.4. The smallest absolute Gasteiger partial charge is 0.161 e. The number of hydrogen-bond donors (Lipinski definition) is 6. The van der Waals surface area contributed by atoms with E-state index in [9.17, 15) is 35.4 Å². The standard InChI is InChI=1S/C25H26O6.C22H19Br3O3.C22H19Cl3O4.CH4/c1-16-5-7-19(11-18(16)15-27)25(28,20-8-6-17(14-26)23(12-20)30-3)21-9-10-22(29-2)24(13-21)31-4;1-13-3-5-15(9-18(13)23)22(27,16-6-4-14(12-26)19(24)10-16)17-7-8-21(28-2)20(25)11-17;1-28-20-7-5-15(10-18(20)24)22(27,14-4-3-13(12-26)17(23)9-14)16-6-8-21(29-2)19(25)11-16;/h5-13,15,26,28H,14H2,1-4H3;3-11,26-27H,12H2,1-2H3;3-11,26-27H,12H2,1-2H3;1H4. The number of carbonyl (C=O) groups is 1. The van der Waals surface area contributed by atoms with Crippen LogP contribution in [0.2, 0.25) is 15.1 Å². The molecular weight excluding hydrogens is 1390 g/mol. The van der Waals surface area contributed by atoms with Crippen molar-refractivity contribution >= 4 is 88.9 Å². The Labute approximate surface area is 559 Å². The van der Waals surface area contributed by atoms with Gasteiger partial charge < -0.3 is 59.1 Å². The minimum absolute atomic E-state index is 0. The molecule has 0 spiro atoms. The highest BCUT2D eigenvalue weighted by Gasteiger charge is 2.39. The number of carbonyl (C=O) groups excluding carboxylic acids is 1. The van der Waals surface area contributed by atoms with Crippen LogP contribution < -0.4 is 28.4 Å². The van der Waals surface area contributed by atoms with Crippen LogP contribution in [-0.2, 0) is 36.6 Å². The van der Waals surface area contributed by atoms with Crippen LogP contribution in [0.1, 0.15) is 95.7 Å². The zero-order valence-corrected chi connectivity index (χ0v) is 56.1. The first-order valence-corrected chi connectivity index (χ1v) is 30.4. The van der Waals surface area contributed by atoms with Crippen molar-refractivity contribution in [2.45, 2.75) is 57.9 Å². The molecule has 0 saturated carbocycles. The summed E-state index contributed by atoms with van der Waals surface area (Å²) in [5.74, 6) is 3.09. The minimum Gasteiger partial charge on any atom is -0.496 e. The zero-order valence-electron chi connectivity index (χ0n) is 49.1. The van der Waals surface area contributed by atoms with Gasteiger partial charge in [-0.3, -0.25) is 4.79 Å². The Balaban J connectivity index is 0.000000212. The zero-order chi connectivity index (χ0) is 64.3.